The van der Waals surface area contributed by atoms with Crippen LogP contribution in [0.1, 0.15) is 9.80 Å². The van der Waals surface area contributed by atoms with Crippen molar-refractivity contribution >= 4 is 27.9 Å². The Labute approximate surface area is 104 Å². The van der Waals surface area contributed by atoms with Crippen molar-refractivity contribution < 1.29 is 9.18 Å². The van der Waals surface area contributed by atoms with Crippen LogP contribution in [0.5, 0.6) is 0 Å². The fourth-order valence-corrected chi connectivity index (χ4v) is 2.08. The minimum absolute atomic E-state index is 0.268. The quantitative estimate of drug-likeness (QED) is 0.761. The van der Waals surface area contributed by atoms with Crippen LogP contribution < -0.4 is 5.32 Å². The van der Waals surface area contributed by atoms with Crippen LogP contribution in [0.25, 0.3) is 4.96 Å². The van der Waals surface area contributed by atoms with Gasteiger partial charge in [-0.15, -0.1) is 15.3 Å². The van der Waals surface area contributed by atoms with Gasteiger partial charge in [0.15, 0.2) is 0 Å². The van der Waals surface area contributed by atoms with Crippen molar-refractivity contribution in [1.29, 1.82) is 0 Å². The Morgan fingerprint density at radius 1 is 1.33 bits per heavy atom. The second-order valence-electron chi connectivity index (χ2n) is 3.43. The fraction of sp³-hybridized carbons (Fsp3) is 0. The maximum atomic E-state index is 12.7. The highest BCUT2D eigenvalue weighted by atomic mass is 32.1. The Morgan fingerprint density at radius 3 is 2.83 bits per heavy atom. The van der Waals surface area contributed by atoms with Gasteiger partial charge in [0, 0.05) is 5.69 Å². The van der Waals surface area contributed by atoms with Crippen LogP contribution in [-0.4, -0.2) is 25.7 Å². The minimum atomic E-state index is -0.364. The van der Waals surface area contributed by atoms with E-state index in [4.69, 9.17) is 0 Å². The van der Waals surface area contributed by atoms with Gasteiger partial charge in [-0.2, -0.15) is 4.52 Å². The maximum Gasteiger partial charge on any atom is 0.286 e. The van der Waals surface area contributed by atoms with Gasteiger partial charge in [-0.25, -0.2) is 4.39 Å². The maximum absolute atomic E-state index is 12.7. The number of rotatable bonds is 2. The van der Waals surface area contributed by atoms with Gasteiger partial charge in [-0.3, -0.25) is 4.79 Å². The molecule has 90 valence electrons. The predicted octanol–water partition coefficient (Wildman–Crippen LogP) is 1.58. The Hall–Kier alpha value is -2.35. The molecule has 3 aromatic rings. The highest BCUT2D eigenvalue weighted by molar-refractivity contribution is 7.18. The van der Waals surface area contributed by atoms with Crippen LogP contribution in [0.4, 0.5) is 10.1 Å². The molecule has 0 saturated heterocycles. The lowest BCUT2D eigenvalue weighted by Gasteiger charge is -2.01. The average Bonchev–Trinajstić information content (AvgIpc) is 2.92. The summed E-state index contributed by atoms with van der Waals surface area (Å²) in [4.78, 5) is 12.4. The minimum Gasteiger partial charge on any atom is -0.320 e. The normalized spacial score (nSPS) is 10.7. The average molecular weight is 263 g/mol. The highest BCUT2D eigenvalue weighted by Crippen LogP contribution is 2.14. The number of carbonyl (C=O) groups excluding carboxylic acids is 1. The van der Waals surface area contributed by atoms with Crippen LogP contribution >= 0.6 is 11.3 Å². The third-order valence-electron chi connectivity index (χ3n) is 2.18. The number of amides is 1. The number of hydrogen-bond donors (Lipinski definition) is 1. The topological polar surface area (TPSA) is 72.2 Å². The van der Waals surface area contributed by atoms with E-state index in [1.165, 1.54) is 35.1 Å². The summed E-state index contributed by atoms with van der Waals surface area (Å²) >= 11 is 1.13. The Kier molecular flexibility index (Phi) is 2.49. The van der Waals surface area contributed by atoms with E-state index in [1.54, 1.807) is 0 Å². The first-order valence-electron chi connectivity index (χ1n) is 4.96. The predicted molar refractivity (Wildman–Crippen MR) is 63.0 cm³/mol. The van der Waals surface area contributed by atoms with Gasteiger partial charge >= 0.3 is 0 Å². The smallest absolute Gasteiger partial charge is 0.286 e. The molecule has 2 heterocycles. The monoisotopic (exact) mass is 263 g/mol. The number of aromatic nitrogens is 4. The van der Waals surface area contributed by atoms with Gasteiger partial charge in [0.25, 0.3) is 5.91 Å². The first-order chi connectivity index (χ1) is 8.72. The molecule has 1 aromatic carbocycles. The molecule has 0 fully saturated rings. The second kappa shape index (κ2) is 4.15. The van der Waals surface area contributed by atoms with Crippen LogP contribution in [0.2, 0.25) is 0 Å². The van der Waals surface area contributed by atoms with Crippen molar-refractivity contribution in [1.82, 2.24) is 19.8 Å². The summed E-state index contributed by atoms with van der Waals surface area (Å²) in [5, 5.41) is 14.3. The van der Waals surface area contributed by atoms with Crippen molar-refractivity contribution in [3.63, 3.8) is 0 Å². The van der Waals surface area contributed by atoms with E-state index >= 15 is 0 Å². The highest BCUT2D eigenvalue weighted by Gasteiger charge is 2.13. The van der Waals surface area contributed by atoms with Crippen LogP contribution in [0, 0.1) is 5.82 Å². The zero-order valence-electron chi connectivity index (χ0n) is 8.87. The van der Waals surface area contributed by atoms with E-state index in [-0.39, 0.29) is 16.7 Å². The summed E-state index contributed by atoms with van der Waals surface area (Å²) in [5.74, 6) is -0.719. The largest absolute Gasteiger partial charge is 0.320 e. The molecule has 3 rings (SSSR count). The van der Waals surface area contributed by atoms with Crippen molar-refractivity contribution in [3.8, 4) is 0 Å². The molecule has 0 spiro atoms. The molecule has 0 saturated carbocycles. The van der Waals surface area contributed by atoms with Gasteiger partial charge in [0.2, 0.25) is 9.97 Å². The second-order valence-corrected chi connectivity index (χ2v) is 4.38. The van der Waals surface area contributed by atoms with Gasteiger partial charge in [-0.1, -0.05) is 11.3 Å². The fourth-order valence-electron chi connectivity index (χ4n) is 1.37. The van der Waals surface area contributed by atoms with E-state index in [0.717, 1.165) is 11.3 Å². The van der Waals surface area contributed by atoms with E-state index < -0.39 is 0 Å². The van der Waals surface area contributed by atoms with Crippen molar-refractivity contribution in [3.05, 3.63) is 41.4 Å². The van der Waals surface area contributed by atoms with E-state index in [2.05, 4.69) is 20.6 Å². The zero-order chi connectivity index (χ0) is 12.5. The van der Waals surface area contributed by atoms with Gasteiger partial charge < -0.3 is 5.32 Å². The molecule has 0 atom stereocenters. The lowest BCUT2D eigenvalue weighted by molar-refractivity contribution is 0.102. The first-order valence-corrected chi connectivity index (χ1v) is 5.78. The van der Waals surface area contributed by atoms with E-state index in [9.17, 15) is 9.18 Å². The summed E-state index contributed by atoms with van der Waals surface area (Å²) in [5.41, 5.74) is 0.507. The molecular weight excluding hydrogens is 257 g/mol. The molecule has 0 bridgehead atoms. The van der Waals surface area contributed by atoms with Gasteiger partial charge in [-0.05, 0) is 24.3 Å². The molecule has 0 aliphatic heterocycles. The molecule has 8 heteroatoms. The molecular formula is C10H6FN5OS. The van der Waals surface area contributed by atoms with Crippen molar-refractivity contribution in [2.24, 2.45) is 0 Å². The summed E-state index contributed by atoms with van der Waals surface area (Å²) in [6.45, 7) is 0. The molecule has 0 aliphatic carbocycles. The lowest BCUT2D eigenvalue weighted by atomic mass is 10.3. The molecule has 0 radical (unpaired) electrons. The molecule has 1 N–H and O–H groups in total. The molecule has 1 amide bonds. The van der Waals surface area contributed by atoms with E-state index in [0.29, 0.717) is 10.6 Å². The Morgan fingerprint density at radius 2 is 2.11 bits per heavy atom. The third-order valence-corrected chi connectivity index (χ3v) is 3.09. The summed E-state index contributed by atoms with van der Waals surface area (Å²) in [6.07, 6.45) is 1.42. The Balaban J connectivity index is 1.82. The molecule has 0 unspecified atom stereocenters. The molecule has 0 aliphatic rings. The van der Waals surface area contributed by atoms with E-state index in [1.807, 2.05) is 0 Å². The number of nitrogens with zero attached hydrogens (tertiary/aromatic N) is 4. The lowest BCUT2D eigenvalue weighted by Crippen LogP contribution is -2.11. The number of halogens is 1. The molecule has 6 nitrogen and oxygen atoms in total. The summed E-state index contributed by atoms with van der Waals surface area (Å²) in [7, 11) is 0. The number of anilines is 1. The third kappa shape index (κ3) is 1.93. The van der Waals surface area contributed by atoms with Crippen LogP contribution in [0.3, 0.4) is 0 Å². The molecule has 2 aromatic heterocycles. The number of nitrogens with one attached hydrogen (secondary N) is 1. The van der Waals surface area contributed by atoms with Gasteiger partial charge in [0.1, 0.15) is 12.1 Å². The van der Waals surface area contributed by atoms with Crippen LogP contribution in [-0.2, 0) is 0 Å². The number of carbonyl (C=O) groups is 1. The van der Waals surface area contributed by atoms with Crippen molar-refractivity contribution in [2.75, 3.05) is 5.32 Å². The number of fused-ring (bicyclic) bond motifs is 1. The Bertz CT molecular complexity index is 676. The summed E-state index contributed by atoms with van der Waals surface area (Å²) < 4.78 is 14.1. The molecule has 18 heavy (non-hydrogen) atoms. The number of hydrogen-bond acceptors (Lipinski definition) is 5. The SMILES string of the molecule is O=C(Nc1ccc(F)cc1)c1nn2cnnc2s1. The van der Waals surface area contributed by atoms with Crippen LogP contribution in [0.15, 0.2) is 30.6 Å². The standard InChI is InChI=1S/C10H6FN5OS/c11-6-1-3-7(4-2-6)13-8(17)9-15-16-5-12-14-10(16)18-9/h1-5H,(H,13,17). The first kappa shape index (κ1) is 10.8. The van der Waals surface area contributed by atoms with Gasteiger partial charge in [0.05, 0.1) is 0 Å². The van der Waals surface area contributed by atoms with Crippen molar-refractivity contribution in [2.45, 2.75) is 0 Å². The summed E-state index contributed by atoms with van der Waals surface area (Å²) in [6, 6.07) is 5.50. The number of benzene rings is 1. The zero-order valence-corrected chi connectivity index (χ0v) is 9.69.